The summed E-state index contributed by atoms with van der Waals surface area (Å²) in [4.78, 5) is 14.4. The highest BCUT2D eigenvalue weighted by Crippen LogP contribution is 2.17. The summed E-state index contributed by atoms with van der Waals surface area (Å²) in [5, 5.41) is 4.44. The molecule has 0 atom stereocenters. The fourth-order valence-corrected chi connectivity index (χ4v) is 2.50. The van der Waals surface area contributed by atoms with Gasteiger partial charge in [0.15, 0.2) is 0 Å². The summed E-state index contributed by atoms with van der Waals surface area (Å²) in [6, 6.07) is 11.7. The summed E-state index contributed by atoms with van der Waals surface area (Å²) in [6.07, 6.45) is 2.20. The van der Waals surface area contributed by atoms with Crippen molar-refractivity contribution in [3.05, 3.63) is 47.8 Å². The minimum absolute atomic E-state index is 0.0851. The first-order valence-electron chi connectivity index (χ1n) is 6.67. The molecular weight excluding hydrogens is 238 g/mol. The normalized spacial score (nSPS) is 14.9. The Hall–Kier alpha value is -2.10. The van der Waals surface area contributed by atoms with Gasteiger partial charge in [-0.2, -0.15) is 5.10 Å². The lowest BCUT2D eigenvalue weighted by Gasteiger charge is -2.15. The van der Waals surface area contributed by atoms with E-state index < -0.39 is 0 Å². The van der Waals surface area contributed by atoms with Crippen molar-refractivity contribution in [2.24, 2.45) is 0 Å². The van der Waals surface area contributed by atoms with E-state index in [1.54, 1.807) is 4.68 Å². The molecule has 1 aromatic carbocycles. The van der Waals surface area contributed by atoms with Crippen LogP contribution in [-0.2, 0) is 0 Å². The lowest BCUT2D eigenvalue weighted by Crippen LogP contribution is -2.29. The van der Waals surface area contributed by atoms with Gasteiger partial charge in [-0.15, -0.1) is 0 Å². The largest absolute Gasteiger partial charge is 0.337 e. The van der Waals surface area contributed by atoms with Crippen molar-refractivity contribution < 1.29 is 4.79 Å². The van der Waals surface area contributed by atoms with Gasteiger partial charge in [0, 0.05) is 13.1 Å². The lowest BCUT2D eigenvalue weighted by molar-refractivity contribution is 0.0784. The third-order valence-electron chi connectivity index (χ3n) is 3.44. The number of benzene rings is 1. The van der Waals surface area contributed by atoms with Crippen molar-refractivity contribution in [3.8, 4) is 5.69 Å². The summed E-state index contributed by atoms with van der Waals surface area (Å²) in [7, 11) is 0. The molecule has 2 aromatic rings. The van der Waals surface area contributed by atoms with Crippen LogP contribution < -0.4 is 0 Å². The molecule has 1 aliphatic rings. The molecule has 0 unspecified atom stereocenters. The zero-order valence-corrected chi connectivity index (χ0v) is 11.0. The predicted octanol–water partition coefficient (Wildman–Crippen LogP) is 2.42. The predicted molar refractivity (Wildman–Crippen MR) is 73.4 cm³/mol. The van der Waals surface area contributed by atoms with Crippen LogP contribution in [0.4, 0.5) is 0 Å². The van der Waals surface area contributed by atoms with Crippen molar-refractivity contribution in [2.75, 3.05) is 13.1 Å². The minimum atomic E-state index is 0.0851. The summed E-state index contributed by atoms with van der Waals surface area (Å²) in [6.45, 7) is 3.63. The first-order valence-corrected chi connectivity index (χ1v) is 6.67. The smallest absolute Gasteiger partial charge is 0.272 e. The number of hydrogen-bond acceptors (Lipinski definition) is 2. The summed E-state index contributed by atoms with van der Waals surface area (Å²) in [5.74, 6) is 0.0851. The molecule has 1 aromatic heterocycles. The van der Waals surface area contributed by atoms with Gasteiger partial charge in [-0.1, -0.05) is 18.2 Å². The van der Waals surface area contributed by atoms with Gasteiger partial charge >= 0.3 is 0 Å². The number of hydrogen-bond donors (Lipinski definition) is 0. The van der Waals surface area contributed by atoms with E-state index in [4.69, 9.17) is 0 Å². The highest BCUT2D eigenvalue weighted by atomic mass is 16.2. The number of aryl methyl sites for hydroxylation is 1. The van der Waals surface area contributed by atoms with Gasteiger partial charge in [-0.05, 0) is 38.0 Å². The van der Waals surface area contributed by atoms with Gasteiger partial charge in [0.05, 0.1) is 11.4 Å². The van der Waals surface area contributed by atoms with Crippen molar-refractivity contribution in [2.45, 2.75) is 19.8 Å². The minimum Gasteiger partial charge on any atom is -0.337 e. The zero-order chi connectivity index (χ0) is 13.2. The van der Waals surface area contributed by atoms with Crippen molar-refractivity contribution in [1.29, 1.82) is 0 Å². The third-order valence-corrected chi connectivity index (χ3v) is 3.44. The van der Waals surface area contributed by atoms with Crippen LogP contribution in [0.2, 0.25) is 0 Å². The Morgan fingerprint density at radius 2 is 1.84 bits per heavy atom. The highest BCUT2D eigenvalue weighted by Gasteiger charge is 2.23. The number of aromatic nitrogens is 2. The number of para-hydroxylation sites is 1. The molecule has 98 valence electrons. The second-order valence-electron chi connectivity index (χ2n) is 4.92. The monoisotopic (exact) mass is 255 g/mol. The number of nitrogens with zero attached hydrogens (tertiary/aromatic N) is 3. The van der Waals surface area contributed by atoms with Crippen molar-refractivity contribution in [1.82, 2.24) is 14.7 Å². The summed E-state index contributed by atoms with van der Waals surface area (Å²) < 4.78 is 1.75. The fraction of sp³-hybridized carbons (Fsp3) is 0.333. The number of carbonyl (C=O) groups excluding carboxylic acids is 1. The van der Waals surface area contributed by atoms with Crippen LogP contribution in [0.5, 0.6) is 0 Å². The lowest BCUT2D eigenvalue weighted by atomic mass is 10.3. The second kappa shape index (κ2) is 4.88. The second-order valence-corrected chi connectivity index (χ2v) is 4.92. The molecule has 3 rings (SSSR count). The molecule has 19 heavy (non-hydrogen) atoms. The molecule has 4 nitrogen and oxygen atoms in total. The van der Waals surface area contributed by atoms with Crippen LogP contribution in [-0.4, -0.2) is 33.7 Å². The topological polar surface area (TPSA) is 38.1 Å². The van der Waals surface area contributed by atoms with Gasteiger partial charge in [-0.25, -0.2) is 4.68 Å². The maximum Gasteiger partial charge on any atom is 0.272 e. The van der Waals surface area contributed by atoms with E-state index in [0.29, 0.717) is 5.69 Å². The molecule has 0 spiro atoms. The highest BCUT2D eigenvalue weighted by molar-refractivity contribution is 5.93. The van der Waals surface area contributed by atoms with Crippen LogP contribution in [0, 0.1) is 6.92 Å². The molecule has 1 fully saturated rings. The quantitative estimate of drug-likeness (QED) is 0.826. The van der Waals surface area contributed by atoms with Crippen LogP contribution in [0.25, 0.3) is 5.69 Å². The number of amides is 1. The van der Waals surface area contributed by atoms with Crippen LogP contribution in [0.15, 0.2) is 36.4 Å². The maximum absolute atomic E-state index is 12.5. The van der Waals surface area contributed by atoms with Gasteiger partial charge in [0.2, 0.25) is 0 Å². The zero-order valence-electron chi connectivity index (χ0n) is 11.0. The first-order chi connectivity index (χ1) is 9.25. The van der Waals surface area contributed by atoms with Gasteiger partial charge in [0.25, 0.3) is 5.91 Å². The number of likely N-dealkylation sites (tertiary alicyclic amines) is 1. The molecule has 4 heteroatoms. The molecule has 0 N–H and O–H groups in total. The van der Waals surface area contributed by atoms with Crippen LogP contribution in [0.1, 0.15) is 29.0 Å². The molecule has 0 bridgehead atoms. The third kappa shape index (κ3) is 2.26. The summed E-state index contributed by atoms with van der Waals surface area (Å²) in [5.41, 5.74) is 2.45. The molecule has 2 heterocycles. The fourth-order valence-electron chi connectivity index (χ4n) is 2.50. The van der Waals surface area contributed by atoms with E-state index in [0.717, 1.165) is 37.3 Å². The van der Waals surface area contributed by atoms with E-state index in [2.05, 4.69) is 5.10 Å². The first kappa shape index (κ1) is 12.0. The van der Waals surface area contributed by atoms with Crippen LogP contribution >= 0.6 is 0 Å². The average molecular weight is 255 g/mol. The van der Waals surface area contributed by atoms with Crippen molar-refractivity contribution in [3.63, 3.8) is 0 Å². The van der Waals surface area contributed by atoms with E-state index in [1.807, 2.05) is 48.2 Å². The molecule has 0 radical (unpaired) electrons. The van der Waals surface area contributed by atoms with Crippen LogP contribution in [0.3, 0.4) is 0 Å². The van der Waals surface area contributed by atoms with E-state index >= 15 is 0 Å². The standard InChI is InChI=1S/C15H17N3O/c1-12-11-14(15(19)17-9-5-6-10-17)18(16-12)13-7-3-2-4-8-13/h2-4,7-8,11H,5-6,9-10H2,1H3. The Bertz CT molecular complexity index is 583. The molecule has 0 saturated carbocycles. The number of carbonyl (C=O) groups is 1. The van der Waals surface area contributed by atoms with Gasteiger partial charge in [-0.3, -0.25) is 4.79 Å². The summed E-state index contributed by atoms with van der Waals surface area (Å²) >= 11 is 0. The Morgan fingerprint density at radius 3 is 2.53 bits per heavy atom. The SMILES string of the molecule is Cc1cc(C(=O)N2CCCC2)n(-c2ccccc2)n1. The molecule has 1 saturated heterocycles. The molecule has 1 amide bonds. The Morgan fingerprint density at radius 1 is 1.16 bits per heavy atom. The Kier molecular flexibility index (Phi) is 3.07. The Labute approximate surface area is 112 Å². The molecule has 1 aliphatic heterocycles. The average Bonchev–Trinajstić information content (AvgIpc) is 3.08. The van der Waals surface area contributed by atoms with E-state index in [-0.39, 0.29) is 5.91 Å². The molecule has 0 aliphatic carbocycles. The van der Waals surface area contributed by atoms with E-state index in [9.17, 15) is 4.79 Å². The van der Waals surface area contributed by atoms with Crippen molar-refractivity contribution >= 4 is 5.91 Å². The Balaban J connectivity index is 2.00. The number of rotatable bonds is 2. The van der Waals surface area contributed by atoms with E-state index in [1.165, 1.54) is 0 Å². The van der Waals surface area contributed by atoms with Gasteiger partial charge < -0.3 is 4.90 Å². The maximum atomic E-state index is 12.5. The van der Waals surface area contributed by atoms with Gasteiger partial charge in [0.1, 0.15) is 5.69 Å². The molecular formula is C15H17N3O.